The van der Waals surface area contributed by atoms with Gasteiger partial charge in [0.15, 0.2) is 0 Å². The summed E-state index contributed by atoms with van der Waals surface area (Å²) in [7, 11) is 0. The first-order chi connectivity index (χ1) is 14.7. The van der Waals surface area contributed by atoms with Crippen molar-refractivity contribution in [2.75, 3.05) is 39.4 Å². The second kappa shape index (κ2) is 9.82. The number of carbonyl (C=O) groups is 1. The molecular weight excluding hydrogens is 404 g/mol. The van der Waals surface area contributed by atoms with Gasteiger partial charge in [0.1, 0.15) is 5.01 Å². The third kappa shape index (κ3) is 4.80. The van der Waals surface area contributed by atoms with Gasteiger partial charge in [0, 0.05) is 68.0 Å². The van der Waals surface area contributed by atoms with Gasteiger partial charge in [-0.15, -0.1) is 11.3 Å². The molecule has 2 aromatic rings. The SMILES string of the molecule is O=CO.O=c1c(CN2CCOCC2)ccc2n1C[C@H]1C[C@@H]2CN(Cc2nccs2)C1. The summed E-state index contributed by atoms with van der Waals surface area (Å²) in [6.45, 7) is 7.75. The summed E-state index contributed by atoms with van der Waals surface area (Å²) < 4.78 is 7.50. The molecule has 5 rings (SSSR count). The van der Waals surface area contributed by atoms with Gasteiger partial charge in [0.25, 0.3) is 12.0 Å². The molecule has 30 heavy (non-hydrogen) atoms. The molecular formula is C21H28N4O4S. The Kier molecular flexibility index (Phi) is 6.93. The van der Waals surface area contributed by atoms with E-state index in [2.05, 4.69) is 31.5 Å². The van der Waals surface area contributed by atoms with Crippen molar-refractivity contribution < 1.29 is 14.6 Å². The average molecular weight is 433 g/mol. The minimum Gasteiger partial charge on any atom is -0.483 e. The molecule has 8 nitrogen and oxygen atoms in total. The summed E-state index contributed by atoms with van der Waals surface area (Å²) in [5, 5.41) is 10.1. The topological polar surface area (TPSA) is 87.9 Å². The zero-order valence-electron chi connectivity index (χ0n) is 17.0. The van der Waals surface area contributed by atoms with Crippen LogP contribution in [0.4, 0.5) is 0 Å². The Morgan fingerprint density at radius 3 is 2.70 bits per heavy atom. The lowest BCUT2D eigenvalue weighted by Gasteiger charge is -2.42. The number of likely N-dealkylation sites (tertiary alicyclic amines) is 1. The molecule has 2 saturated heterocycles. The van der Waals surface area contributed by atoms with Gasteiger partial charge >= 0.3 is 0 Å². The van der Waals surface area contributed by atoms with Crippen LogP contribution < -0.4 is 5.56 Å². The summed E-state index contributed by atoms with van der Waals surface area (Å²) in [5.74, 6) is 1.02. The summed E-state index contributed by atoms with van der Waals surface area (Å²) in [4.78, 5) is 30.8. The van der Waals surface area contributed by atoms with Crippen LogP contribution in [0.15, 0.2) is 28.5 Å². The number of rotatable bonds is 4. The third-order valence-electron chi connectivity index (χ3n) is 6.10. The van der Waals surface area contributed by atoms with Crippen LogP contribution in [0.2, 0.25) is 0 Å². The second-order valence-corrected chi connectivity index (χ2v) is 9.09. The van der Waals surface area contributed by atoms with E-state index >= 15 is 0 Å². The molecule has 2 bridgehead atoms. The smallest absolute Gasteiger partial charge is 0.290 e. The Bertz CT molecular complexity index is 895. The predicted octanol–water partition coefficient (Wildman–Crippen LogP) is 1.46. The van der Waals surface area contributed by atoms with Crippen molar-refractivity contribution in [3.8, 4) is 0 Å². The van der Waals surface area contributed by atoms with E-state index in [9.17, 15) is 4.79 Å². The monoisotopic (exact) mass is 432 g/mol. The van der Waals surface area contributed by atoms with Gasteiger partial charge in [-0.05, 0) is 18.4 Å². The Labute approximate surface area is 179 Å². The van der Waals surface area contributed by atoms with E-state index in [1.807, 2.05) is 11.6 Å². The summed E-state index contributed by atoms with van der Waals surface area (Å²) >= 11 is 1.73. The molecule has 5 heterocycles. The van der Waals surface area contributed by atoms with Crippen molar-refractivity contribution in [3.05, 3.63) is 50.3 Å². The van der Waals surface area contributed by atoms with Crippen molar-refractivity contribution in [2.45, 2.75) is 32.0 Å². The van der Waals surface area contributed by atoms with Crippen molar-refractivity contribution >= 4 is 17.8 Å². The molecule has 0 amide bonds. The minimum absolute atomic E-state index is 0.224. The van der Waals surface area contributed by atoms with Crippen LogP contribution in [0, 0.1) is 5.92 Å². The largest absolute Gasteiger partial charge is 0.483 e. The van der Waals surface area contributed by atoms with E-state index < -0.39 is 0 Å². The summed E-state index contributed by atoms with van der Waals surface area (Å²) in [6, 6.07) is 4.29. The molecule has 9 heteroatoms. The quantitative estimate of drug-likeness (QED) is 0.732. The molecule has 0 saturated carbocycles. The van der Waals surface area contributed by atoms with E-state index in [0.29, 0.717) is 11.8 Å². The highest BCUT2D eigenvalue weighted by Crippen LogP contribution is 2.35. The maximum Gasteiger partial charge on any atom is 0.290 e. The number of ether oxygens (including phenoxy) is 1. The zero-order valence-corrected chi connectivity index (χ0v) is 17.8. The standard InChI is InChI=1S/C20H26N4O2S.CH2O2/c25-20-16(12-22-4-6-26-7-5-22)1-2-18-17-9-15(11-24(18)20)10-23(13-17)14-19-21-3-8-27-19;2-1-3/h1-3,8,15,17H,4-7,9-14H2;1H,(H,2,3)/t15-,17+;/m0./s1. The molecule has 1 N–H and O–H groups in total. The fourth-order valence-corrected chi connectivity index (χ4v) is 5.52. The number of pyridine rings is 1. The van der Waals surface area contributed by atoms with Crippen molar-refractivity contribution in [2.24, 2.45) is 5.92 Å². The predicted molar refractivity (Wildman–Crippen MR) is 114 cm³/mol. The molecule has 0 spiro atoms. The molecule has 3 aliphatic heterocycles. The highest BCUT2D eigenvalue weighted by Gasteiger charge is 2.35. The van der Waals surface area contributed by atoms with Crippen molar-refractivity contribution in [1.29, 1.82) is 0 Å². The van der Waals surface area contributed by atoms with E-state index in [-0.39, 0.29) is 12.0 Å². The molecule has 0 radical (unpaired) electrons. The second-order valence-electron chi connectivity index (χ2n) is 8.11. The number of morpholine rings is 1. The van der Waals surface area contributed by atoms with E-state index in [1.54, 1.807) is 11.3 Å². The highest BCUT2D eigenvalue weighted by molar-refractivity contribution is 7.09. The van der Waals surface area contributed by atoms with Crippen LogP contribution in [-0.2, 0) is 29.2 Å². The first-order valence-corrected chi connectivity index (χ1v) is 11.3. The van der Waals surface area contributed by atoms with Gasteiger partial charge in [-0.2, -0.15) is 0 Å². The van der Waals surface area contributed by atoms with Crippen LogP contribution in [0.5, 0.6) is 0 Å². The van der Waals surface area contributed by atoms with Gasteiger partial charge in [0.05, 0.1) is 19.8 Å². The van der Waals surface area contributed by atoms with Crippen LogP contribution in [-0.4, -0.2) is 70.3 Å². The zero-order chi connectivity index (χ0) is 20.9. The molecule has 2 atom stereocenters. The summed E-state index contributed by atoms with van der Waals surface area (Å²) in [5.41, 5.74) is 2.38. The maximum absolute atomic E-state index is 13.1. The van der Waals surface area contributed by atoms with Gasteiger partial charge in [-0.1, -0.05) is 6.07 Å². The maximum atomic E-state index is 13.1. The van der Waals surface area contributed by atoms with Crippen LogP contribution in [0.1, 0.15) is 28.6 Å². The minimum atomic E-state index is -0.250. The average Bonchev–Trinajstić information content (AvgIpc) is 3.25. The normalized spacial score (nSPS) is 23.9. The number of fused-ring (bicyclic) bond motifs is 4. The molecule has 2 aromatic heterocycles. The molecule has 162 valence electrons. The number of thiazole rings is 1. The molecule has 0 aromatic carbocycles. The first kappa shape index (κ1) is 21.2. The molecule has 2 fully saturated rings. The Balaban J connectivity index is 0.000000687. The van der Waals surface area contributed by atoms with Gasteiger partial charge in [-0.3, -0.25) is 19.4 Å². The number of hydrogen-bond donors (Lipinski definition) is 1. The van der Waals surface area contributed by atoms with E-state index in [1.165, 1.54) is 17.1 Å². The summed E-state index contributed by atoms with van der Waals surface area (Å²) in [6.07, 6.45) is 3.09. The van der Waals surface area contributed by atoms with E-state index in [4.69, 9.17) is 14.6 Å². The lowest BCUT2D eigenvalue weighted by molar-refractivity contribution is -0.122. The van der Waals surface area contributed by atoms with Gasteiger partial charge in [0.2, 0.25) is 0 Å². The van der Waals surface area contributed by atoms with Crippen LogP contribution in [0.3, 0.4) is 0 Å². The number of nitrogens with zero attached hydrogens (tertiary/aromatic N) is 4. The fraction of sp³-hybridized carbons (Fsp3) is 0.571. The fourth-order valence-electron chi connectivity index (χ4n) is 4.86. The van der Waals surface area contributed by atoms with Gasteiger partial charge in [-0.25, -0.2) is 4.98 Å². The molecule has 0 unspecified atom stereocenters. The number of carboxylic acid groups (broad SMARTS) is 1. The van der Waals surface area contributed by atoms with E-state index in [0.717, 1.165) is 64.6 Å². The molecule has 3 aliphatic rings. The van der Waals surface area contributed by atoms with Crippen LogP contribution >= 0.6 is 11.3 Å². The number of aromatic nitrogens is 2. The van der Waals surface area contributed by atoms with Crippen molar-refractivity contribution in [1.82, 2.24) is 19.4 Å². The lowest BCUT2D eigenvalue weighted by atomic mass is 9.83. The van der Waals surface area contributed by atoms with Crippen molar-refractivity contribution in [3.63, 3.8) is 0 Å². The third-order valence-corrected chi connectivity index (χ3v) is 6.86. The number of hydrogen-bond acceptors (Lipinski definition) is 7. The highest BCUT2D eigenvalue weighted by atomic mass is 32.1. The first-order valence-electron chi connectivity index (χ1n) is 10.4. The Morgan fingerprint density at radius 1 is 1.17 bits per heavy atom. The van der Waals surface area contributed by atoms with Crippen LogP contribution in [0.25, 0.3) is 0 Å². The lowest BCUT2D eigenvalue weighted by Crippen LogP contribution is -2.47. The molecule has 0 aliphatic carbocycles. The van der Waals surface area contributed by atoms with Gasteiger partial charge < -0.3 is 14.4 Å². The Hall–Kier alpha value is -2.07. The Morgan fingerprint density at radius 2 is 1.97 bits per heavy atom. The number of piperidine rings is 1.